The van der Waals surface area contributed by atoms with Crippen LogP contribution < -0.4 is 26.8 Å². The number of rotatable bonds is 18. The smallest absolute Gasteiger partial charge is 0.287 e. The molecule has 13 heteroatoms. The molecule has 1 aromatic heterocycles. The maximum Gasteiger partial charge on any atom is 0.287 e. The maximum atomic E-state index is 13.4. The molecular formula is C31H48N6O7. The second-order valence-electron chi connectivity index (χ2n) is 11.2. The molecule has 1 aliphatic heterocycles. The Morgan fingerprint density at radius 3 is 2.41 bits per heavy atom. The molecule has 44 heavy (non-hydrogen) atoms. The van der Waals surface area contributed by atoms with Gasteiger partial charge in [0, 0.05) is 39.2 Å². The van der Waals surface area contributed by atoms with Crippen molar-refractivity contribution in [3.63, 3.8) is 0 Å². The van der Waals surface area contributed by atoms with E-state index in [1.165, 1.54) is 34.7 Å². The number of aromatic nitrogens is 1. The van der Waals surface area contributed by atoms with Crippen LogP contribution in [0, 0.1) is 5.92 Å². The predicted octanol–water partition coefficient (Wildman–Crippen LogP) is 1.49. The molecule has 1 fully saturated rings. The quantitative estimate of drug-likeness (QED) is 0.143. The molecule has 0 bridgehead atoms. The monoisotopic (exact) mass is 616 g/mol. The number of nitrogens with one attached hydrogen (secondary N) is 4. The summed E-state index contributed by atoms with van der Waals surface area (Å²) in [7, 11) is 0. The van der Waals surface area contributed by atoms with Crippen molar-refractivity contribution in [2.45, 2.75) is 104 Å². The number of hydrogen-bond donors (Lipinski definition) is 4. The number of amides is 5. The molecule has 2 rings (SSSR count). The van der Waals surface area contributed by atoms with E-state index in [1.54, 1.807) is 0 Å². The summed E-state index contributed by atoms with van der Waals surface area (Å²) in [6, 6.07) is 0.841. The predicted molar refractivity (Wildman–Crippen MR) is 166 cm³/mol. The molecule has 0 unspecified atom stereocenters. The lowest BCUT2D eigenvalue weighted by atomic mass is 10.0. The van der Waals surface area contributed by atoms with Gasteiger partial charge in [0.25, 0.3) is 11.5 Å². The summed E-state index contributed by atoms with van der Waals surface area (Å²) in [5.74, 6) is -3.11. The molecule has 1 saturated heterocycles. The highest BCUT2D eigenvalue weighted by molar-refractivity contribution is 6.36. The summed E-state index contributed by atoms with van der Waals surface area (Å²) in [6.45, 7) is 8.49. The van der Waals surface area contributed by atoms with Crippen LogP contribution in [0.2, 0.25) is 0 Å². The van der Waals surface area contributed by atoms with Crippen molar-refractivity contribution in [3.8, 4) is 0 Å². The number of Topliss-reactive ketones (excluding diaryl/α,β-unsaturated/α-hetero) is 1. The Morgan fingerprint density at radius 1 is 1.02 bits per heavy atom. The van der Waals surface area contributed by atoms with Crippen molar-refractivity contribution in [3.05, 3.63) is 28.7 Å². The zero-order valence-corrected chi connectivity index (χ0v) is 26.4. The zero-order chi connectivity index (χ0) is 32.6. The summed E-state index contributed by atoms with van der Waals surface area (Å²) in [6.07, 6.45) is 6.38. The third kappa shape index (κ3) is 11.2. The molecule has 1 aromatic rings. The standard InChI is InChI=1S/C31H48N6O7/c1-5-8-9-16-32-30(43)26(39)15-14-23(34-29(42)25-13-11-18-37(25)21(4)38)28(41)35-24-12-10-17-36(31(24)44)20-27(40)33-19-22(6-2)7-3/h10,12,17,22-23,25H,5-9,11,13-16,18-20H2,1-4H3,(H,32,43)(H,33,40)(H,34,42)(H,35,41)/t23-,25-/m0/s1. The molecule has 0 aliphatic carbocycles. The average molecular weight is 617 g/mol. The van der Waals surface area contributed by atoms with Gasteiger partial charge in [0.15, 0.2) is 0 Å². The lowest BCUT2D eigenvalue weighted by Gasteiger charge is -2.25. The van der Waals surface area contributed by atoms with Crippen LogP contribution in [0.1, 0.15) is 85.5 Å². The van der Waals surface area contributed by atoms with Crippen LogP contribution in [0.4, 0.5) is 5.69 Å². The van der Waals surface area contributed by atoms with E-state index in [0.717, 1.165) is 32.1 Å². The number of unbranched alkanes of at least 4 members (excludes halogenated alkanes) is 2. The summed E-state index contributed by atoms with van der Waals surface area (Å²) >= 11 is 0. The van der Waals surface area contributed by atoms with Gasteiger partial charge in [-0.15, -0.1) is 0 Å². The molecule has 2 atom stereocenters. The van der Waals surface area contributed by atoms with E-state index in [9.17, 15) is 33.6 Å². The number of pyridine rings is 1. The Balaban J connectivity index is 2.15. The minimum absolute atomic E-state index is 0.115. The Hall–Kier alpha value is -4.03. The van der Waals surface area contributed by atoms with Crippen LogP contribution in [0.25, 0.3) is 0 Å². The second kappa shape index (κ2) is 18.6. The van der Waals surface area contributed by atoms with Gasteiger partial charge < -0.3 is 30.7 Å². The molecule has 0 radical (unpaired) electrons. The number of ketones is 1. The van der Waals surface area contributed by atoms with Crippen molar-refractivity contribution >= 4 is 41.0 Å². The first-order valence-electron chi connectivity index (χ1n) is 15.7. The van der Waals surface area contributed by atoms with E-state index in [-0.39, 0.29) is 36.9 Å². The van der Waals surface area contributed by atoms with Crippen LogP contribution >= 0.6 is 0 Å². The molecule has 5 amide bonds. The molecule has 1 aliphatic rings. The Kier molecular flexibility index (Phi) is 15.3. The lowest BCUT2D eigenvalue weighted by molar-refractivity contribution is -0.139. The van der Waals surface area contributed by atoms with Gasteiger partial charge in [-0.05, 0) is 43.7 Å². The Morgan fingerprint density at radius 2 is 1.75 bits per heavy atom. The van der Waals surface area contributed by atoms with E-state index >= 15 is 0 Å². The number of likely N-dealkylation sites (tertiary alicyclic amines) is 1. The third-order valence-electron chi connectivity index (χ3n) is 7.91. The third-order valence-corrected chi connectivity index (χ3v) is 7.91. The van der Waals surface area contributed by atoms with Gasteiger partial charge >= 0.3 is 0 Å². The van der Waals surface area contributed by atoms with Crippen molar-refractivity contribution in [2.75, 3.05) is 25.0 Å². The van der Waals surface area contributed by atoms with Gasteiger partial charge in [-0.1, -0.05) is 46.5 Å². The fourth-order valence-electron chi connectivity index (χ4n) is 5.04. The van der Waals surface area contributed by atoms with Gasteiger partial charge in [-0.2, -0.15) is 0 Å². The highest BCUT2D eigenvalue weighted by Crippen LogP contribution is 2.18. The van der Waals surface area contributed by atoms with Crippen molar-refractivity contribution in [1.82, 2.24) is 25.4 Å². The summed E-state index contributed by atoms with van der Waals surface area (Å²) < 4.78 is 1.17. The summed E-state index contributed by atoms with van der Waals surface area (Å²) in [4.78, 5) is 90.3. The molecule has 0 spiro atoms. The topological polar surface area (TPSA) is 176 Å². The maximum absolute atomic E-state index is 13.4. The van der Waals surface area contributed by atoms with Crippen LogP contribution in [0.15, 0.2) is 23.1 Å². The van der Waals surface area contributed by atoms with Gasteiger partial charge in [0.1, 0.15) is 24.3 Å². The van der Waals surface area contributed by atoms with Gasteiger partial charge in [0.05, 0.1) is 0 Å². The minimum Gasteiger partial charge on any atom is -0.354 e. The van der Waals surface area contributed by atoms with Crippen molar-refractivity contribution < 1.29 is 28.8 Å². The SMILES string of the molecule is CCCCCNC(=O)C(=O)CC[C@H](NC(=O)[C@@H]1CCCN1C(C)=O)C(=O)Nc1cccn(CC(=O)NCC(CC)CC)c1=O. The van der Waals surface area contributed by atoms with Gasteiger partial charge in [-0.3, -0.25) is 33.6 Å². The first kappa shape index (κ1) is 36.2. The Labute approximate surface area is 258 Å². The van der Waals surface area contributed by atoms with Gasteiger partial charge in [0.2, 0.25) is 29.4 Å². The van der Waals surface area contributed by atoms with Crippen LogP contribution in [-0.2, 0) is 35.3 Å². The average Bonchev–Trinajstić information content (AvgIpc) is 3.50. The first-order valence-corrected chi connectivity index (χ1v) is 15.7. The largest absolute Gasteiger partial charge is 0.354 e. The van der Waals surface area contributed by atoms with Crippen LogP contribution in [-0.4, -0.2) is 76.5 Å². The van der Waals surface area contributed by atoms with Crippen molar-refractivity contribution in [2.24, 2.45) is 5.92 Å². The van der Waals surface area contributed by atoms with E-state index < -0.39 is 41.1 Å². The van der Waals surface area contributed by atoms with E-state index in [4.69, 9.17) is 0 Å². The normalized spacial score (nSPS) is 15.0. The van der Waals surface area contributed by atoms with Crippen LogP contribution in [0.3, 0.4) is 0 Å². The van der Waals surface area contributed by atoms with Crippen molar-refractivity contribution in [1.29, 1.82) is 0 Å². The second-order valence-corrected chi connectivity index (χ2v) is 11.2. The molecule has 0 aromatic carbocycles. The van der Waals surface area contributed by atoms with E-state index in [0.29, 0.717) is 38.4 Å². The highest BCUT2D eigenvalue weighted by atomic mass is 16.2. The fraction of sp³-hybridized carbons (Fsp3) is 0.645. The fourth-order valence-corrected chi connectivity index (χ4v) is 5.04. The van der Waals surface area contributed by atoms with Crippen LogP contribution in [0.5, 0.6) is 0 Å². The lowest BCUT2D eigenvalue weighted by Crippen LogP contribution is -2.52. The first-order chi connectivity index (χ1) is 21.0. The summed E-state index contributed by atoms with van der Waals surface area (Å²) in [5.41, 5.74) is -0.736. The molecule has 0 saturated carbocycles. The number of carbonyl (C=O) groups is 6. The minimum atomic E-state index is -1.27. The molecule has 13 nitrogen and oxygen atoms in total. The molecular weight excluding hydrogens is 568 g/mol. The summed E-state index contributed by atoms with van der Waals surface area (Å²) in [5, 5.41) is 10.5. The van der Waals surface area contributed by atoms with E-state index in [1.807, 2.05) is 20.8 Å². The van der Waals surface area contributed by atoms with E-state index in [2.05, 4.69) is 21.3 Å². The highest BCUT2D eigenvalue weighted by Gasteiger charge is 2.35. The van der Waals surface area contributed by atoms with Gasteiger partial charge in [-0.25, -0.2) is 0 Å². The number of anilines is 1. The zero-order valence-electron chi connectivity index (χ0n) is 26.4. The molecule has 244 valence electrons. The number of carbonyl (C=O) groups excluding carboxylic acids is 6. The Bertz CT molecular complexity index is 1230. The molecule has 4 N–H and O–H groups in total. The number of hydrogen-bond acceptors (Lipinski definition) is 7. The molecule has 2 heterocycles. The number of nitrogens with zero attached hydrogens (tertiary/aromatic N) is 2.